The van der Waals surface area contributed by atoms with E-state index in [1.54, 1.807) is 0 Å². The molecule has 0 bridgehead atoms. The third-order valence-electron chi connectivity index (χ3n) is 3.31. The summed E-state index contributed by atoms with van der Waals surface area (Å²) in [6, 6.07) is -0.164. The first-order valence-electron chi connectivity index (χ1n) is 6.26. The van der Waals surface area contributed by atoms with Gasteiger partial charge in [0.1, 0.15) is 0 Å². The molecule has 1 fully saturated rings. The fourth-order valence-electron chi connectivity index (χ4n) is 1.99. The Morgan fingerprint density at radius 3 is 2.76 bits per heavy atom. The number of terminal acetylenes is 1. The van der Waals surface area contributed by atoms with E-state index in [2.05, 4.69) is 28.5 Å². The molecule has 4 heteroatoms. The van der Waals surface area contributed by atoms with Crippen molar-refractivity contribution in [1.29, 1.82) is 0 Å². The highest BCUT2D eigenvalue weighted by molar-refractivity contribution is 5.81. The Morgan fingerprint density at radius 2 is 2.18 bits per heavy atom. The van der Waals surface area contributed by atoms with Crippen molar-refractivity contribution in [3.8, 4) is 12.3 Å². The number of carbonyl (C=O) groups is 1. The zero-order chi connectivity index (χ0) is 12.7. The van der Waals surface area contributed by atoms with Gasteiger partial charge in [0.15, 0.2) is 0 Å². The van der Waals surface area contributed by atoms with Gasteiger partial charge < -0.3 is 15.5 Å². The fraction of sp³-hybridized carbons (Fsp3) is 0.769. The van der Waals surface area contributed by atoms with Gasteiger partial charge in [-0.1, -0.05) is 5.92 Å². The van der Waals surface area contributed by atoms with Crippen LogP contribution in [-0.2, 0) is 4.79 Å². The number of hydrogen-bond acceptors (Lipinski definition) is 3. The van der Waals surface area contributed by atoms with Crippen molar-refractivity contribution in [3.05, 3.63) is 0 Å². The molecule has 0 saturated carbocycles. The van der Waals surface area contributed by atoms with Gasteiger partial charge in [-0.15, -0.1) is 6.42 Å². The van der Waals surface area contributed by atoms with Crippen LogP contribution in [0.1, 0.15) is 19.8 Å². The maximum atomic E-state index is 11.5. The van der Waals surface area contributed by atoms with Crippen LogP contribution in [0.15, 0.2) is 0 Å². The van der Waals surface area contributed by atoms with Crippen LogP contribution in [0.3, 0.4) is 0 Å². The van der Waals surface area contributed by atoms with Crippen molar-refractivity contribution in [2.45, 2.75) is 25.8 Å². The van der Waals surface area contributed by atoms with Gasteiger partial charge in [0.25, 0.3) is 0 Å². The van der Waals surface area contributed by atoms with E-state index in [1.807, 2.05) is 6.92 Å². The summed E-state index contributed by atoms with van der Waals surface area (Å²) in [6.45, 7) is 5.41. The maximum absolute atomic E-state index is 11.5. The lowest BCUT2D eigenvalue weighted by Crippen LogP contribution is -2.45. The Labute approximate surface area is 104 Å². The number of piperidine rings is 1. The molecule has 1 saturated heterocycles. The Balaban J connectivity index is 2.17. The second kappa shape index (κ2) is 7.31. The normalized spacial score (nSPS) is 19.6. The van der Waals surface area contributed by atoms with Crippen LogP contribution >= 0.6 is 0 Å². The summed E-state index contributed by atoms with van der Waals surface area (Å²) in [7, 11) is 2.15. The molecule has 1 amide bonds. The summed E-state index contributed by atoms with van der Waals surface area (Å²) >= 11 is 0. The van der Waals surface area contributed by atoms with Gasteiger partial charge in [0.2, 0.25) is 5.91 Å². The van der Waals surface area contributed by atoms with Crippen LogP contribution in [0, 0.1) is 18.3 Å². The molecule has 1 heterocycles. The van der Waals surface area contributed by atoms with E-state index in [0.717, 1.165) is 19.6 Å². The van der Waals surface area contributed by atoms with Crippen molar-refractivity contribution < 1.29 is 4.79 Å². The molecule has 96 valence electrons. The Hall–Kier alpha value is -1.05. The molecule has 0 aromatic carbocycles. The molecule has 1 rings (SSSR count). The average molecular weight is 237 g/mol. The molecule has 0 radical (unpaired) electrons. The molecular formula is C13H23N3O. The second-order valence-corrected chi connectivity index (χ2v) is 4.80. The SMILES string of the molecule is C#CCNC(=O)C(C)NCC1CCN(C)CC1. The molecule has 1 aliphatic heterocycles. The van der Waals surface area contributed by atoms with E-state index in [1.165, 1.54) is 12.8 Å². The third kappa shape index (κ3) is 5.20. The van der Waals surface area contributed by atoms with Crippen molar-refractivity contribution in [1.82, 2.24) is 15.5 Å². The fourth-order valence-corrected chi connectivity index (χ4v) is 1.99. The van der Waals surface area contributed by atoms with Gasteiger partial charge in [-0.3, -0.25) is 4.79 Å². The van der Waals surface area contributed by atoms with Gasteiger partial charge in [-0.25, -0.2) is 0 Å². The average Bonchev–Trinajstić information content (AvgIpc) is 2.34. The smallest absolute Gasteiger partial charge is 0.237 e. The van der Waals surface area contributed by atoms with Crippen LogP contribution < -0.4 is 10.6 Å². The first kappa shape index (κ1) is 14.0. The molecule has 0 aromatic rings. The highest BCUT2D eigenvalue weighted by Crippen LogP contribution is 2.14. The van der Waals surface area contributed by atoms with E-state index < -0.39 is 0 Å². The number of hydrogen-bond donors (Lipinski definition) is 2. The van der Waals surface area contributed by atoms with E-state index in [9.17, 15) is 4.79 Å². The number of likely N-dealkylation sites (tertiary alicyclic amines) is 1. The number of rotatable bonds is 5. The number of amides is 1. The second-order valence-electron chi connectivity index (χ2n) is 4.80. The monoisotopic (exact) mass is 237 g/mol. The number of nitrogens with one attached hydrogen (secondary N) is 2. The van der Waals surface area contributed by atoms with Crippen molar-refractivity contribution in [2.75, 3.05) is 33.2 Å². The first-order chi connectivity index (χ1) is 8.13. The van der Waals surface area contributed by atoms with Crippen molar-refractivity contribution in [3.63, 3.8) is 0 Å². The van der Waals surface area contributed by atoms with Crippen LogP contribution in [0.25, 0.3) is 0 Å². The summed E-state index contributed by atoms with van der Waals surface area (Å²) in [5.41, 5.74) is 0. The molecular weight excluding hydrogens is 214 g/mol. The van der Waals surface area contributed by atoms with Gasteiger partial charge in [0, 0.05) is 0 Å². The van der Waals surface area contributed by atoms with Crippen LogP contribution in [0.4, 0.5) is 0 Å². The first-order valence-corrected chi connectivity index (χ1v) is 6.26. The minimum absolute atomic E-state index is 0.0177. The molecule has 0 aromatic heterocycles. The highest BCUT2D eigenvalue weighted by atomic mass is 16.2. The van der Waals surface area contributed by atoms with Crippen LogP contribution in [0.2, 0.25) is 0 Å². The topological polar surface area (TPSA) is 44.4 Å². The molecule has 1 unspecified atom stereocenters. The summed E-state index contributed by atoms with van der Waals surface area (Å²) < 4.78 is 0. The van der Waals surface area contributed by atoms with Gasteiger partial charge >= 0.3 is 0 Å². The summed E-state index contributed by atoms with van der Waals surface area (Å²) in [6.07, 6.45) is 7.51. The quantitative estimate of drug-likeness (QED) is 0.664. The third-order valence-corrected chi connectivity index (χ3v) is 3.31. The predicted molar refractivity (Wildman–Crippen MR) is 69.5 cm³/mol. The van der Waals surface area contributed by atoms with Crippen molar-refractivity contribution >= 4 is 5.91 Å². The lowest BCUT2D eigenvalue weighted by Gasteiger charge is -2.29. The maximum Gasteiger partial charge on any atom is 0.237 e. The standard InChI is InChI=1S/C13H23N3O/c1-4-7-14-13(17)11(2)15-10-12-5-8-16(3)9-6-12/h1,11-12,15H,5-10H2,2-3H3,(H,14,17). The van der Waals surface area contributed by atoms with Gasteiger partial charge in [-0.2, -0.15) is 0 Å². The predicted octanol–water partition coefficient (Wildman–Crippen LogP) is 0.0557. The zero-order valence-electron chi connectivity index (χ0n) is 10.8. The molecule has 0 spiro atoms. The minimum Gasteiger partial charge on any atom is -0.344 e. The van der Waals surface area contributed by atoms with Gasteiger partial charge in [0.05, 0.1) is 12.6 Å². The number of carbonyl (C=O) groups excluding carboxylic acids is 1. The molecule has 4 nitrogen and oxygen atoms in total. The van der Waals surface area contributed by atoms with E-state index in [-0.39, 0.29) is 11.9 Å². The van der Waals surface area contributed by atoms with Crippen LogP contribution in [0.5, 0.6) is 0 Å². The largest absolute Gasteiger partial charge is 0.344 e. The van der Waals surface area contributed by atoms with Crippen LogP contribution in [-0.4, -0.2) is 50.1 Å². The lowest BCUT2D eigenvalue weighted by atomic mass is 9.97. The van der Waals surface area contributed by atoms with Crippen molar-refractivity contribution in [2.24, 2.45) is 5.92 Å². The van der Waals surface area contributed by atoms with E-state index in [0.29, 0.717) is 12.5 Å². The summed E-state index contributed by atoms with van der Waals surface area (Å²) in [5.74, 6) is 3.07. The Morgan fingerprint density at radius 1 is 1.53 bits per heavy atom. The number of nitrogens with zero attached hydrogens (tertiary/aromatic N) is 1. The van der Waals surface area contributed by atoms with Gasteiger partial charge in [-0.05, 0) is 52.4 Å². The molecule has 1 atom stereocenters. The highest BCUT2D eigenvalue weighted by Gasteiger charge is 2.18. The zero-order valence-corrected chi connectivity index (χ0v) is 10.8. The molecule has 2 N–H and O–H groups in total. The summed E-state index contributed by atoms with van der Waals surface area (Å²) in [4.78, 5) is 13.9. The molecule has 0 aliphatic carbocycles. The van der Waals surface area contributed by atoms with E-state index in [4.69, 9.17) is 6.42 Å². The van der Waals surface area contributed by atoms with E-state index >= 15 is 0 Å². The Kier molecular flexibility index (Phi) is 6.03. The molecule has 1 aliphatic rings. The summed E-state index contributed by atoms with van der Waals surface area (Å²) in [5, 5.41) is 5.96. The Bertz CT molecular complexity index is 277. The minimum atomic E-state index is -0.164. The lowest BCUT2D eigenvalue weighted by molar-refractivity contribution is -0.122. The molecule has 17 heavy (non-hydrogen) atoms.